The van der Waals surface area contributed by atoms with Gasteiger partial charge in [-0.25, -0.2) is 0 Å². The van der Waals surface area contributed by atoms with Gasteiger partial charge in [0.1, 0.15) is 18.5 Å². The van der Waals surface area contributed by atoms with Crippen molar-refractivity contribution in [2.24, 2.45) is 0 Å². The third kappa shape index (κ3) is 3.93. The second kappa shape index (κ2) is 7.34. The van der Waals surface area contributed by atoms with Gasteiger partial charge in [0.25, 0.3) is 0 Å². The summed E-state index contributed by atoms with van der Waals surface area (Å²) >= 11 is 0. The van der Waals surface area contributed by atoms with Crippen LogP contribution in [0.3, 0.4) is 0 Å². The highest BCUT2D eigenvalue weighted by atomic mass is 16.6. The number of hydrogen-bond acceptors (Lipinski definition) is 5. The maximum absolute atomic E-state index is 12.1. The van der Waals surface area contributed by atoms with Crippen LogP contribution in [0, 0.1) is 0 Å². The Labute approximate surface area is 161 Å². The van der Waals surface area contributed by atoms with Gasteiger partial charge in [0.05, 0.1) is 23.3 Å². The minimum absolute atomic E-state index is 0.116. The number of benzene rings is 1. The first kappa shape index (κ1) is 20.0. The number of likely N-dealkylation sites (tertiary alicyclic amines) is 1. The first-order valence-electron chi connectivity index (χ1n) is 9.50. The van der Waals surface area contributed by atoms with Crippen LogP contribution in [-0.2, 0) is 25.6 Å². The zero-order valence-corrected chi connectivity index (χ0v) is 16.8. The molecule has 1 aromatic rings. The van der Waals surface area contributed by atoms with E-state index in [0.717, 1.165) is 11.8 Å². The lowest BCUT2D eigenvalue weighted by Crippen LogP contribution is -2.74. The SMILES string of the molecule is CC(=O)N[C@H]1CN(Cc2ccccc2)[C@H](C=O)[C@H]2OC(C)(C)C(C)(C)O[C@@H]21. The number of rotatable bonds is 4. The Morgan fingerprint density at radius 2 is 1.74 bits per heavy atom. The summed E-state index contributed by atoms with van der Waals surface area (Å²) in [5.41, 5.74) is 0.00647. The Hall–Kier alpha value is -1.76. The second-order valence-corrected chi connectivity index (χ2v) is 8.53. The van der Waals surface area contributed by atoms with Crippen LogP contribution in [-0.4, -0.2) is 59.1 Å². The molecule has 1 N–H and O–H groups in total. The normalized spacial score (nSPS) is 32.3. The Kier molecular flexibility index (Phi) is 5.43. The smallest absolute Gasteiger partial charge is 0.217 e. The number of nitrogens with one attached hydrogen (secondary N) is 1. The molecule has 0 aromatic heterocycles. The highest BCUT2D eigenvalue weighted by molar-refractivity contribution is 5.73. The molecule has 1 aromatic carbocycles. The standard InChI is InChI=1S/C21H30N2O4/c1-14(25)22-16-12-23(11-15-9-7-6-8-10-15)17(13-24)19-18(16)26-20(2,3)21(4,5)27-19/h6-10,13,16-19H,11-12H2,1-5H3,(H,22,25)/t16-,17+,18+,19+/m0/s1. The number of carbonyl (C=O) groups is 2. The molecule has 27 heavy (non-hydrogen) atoms. The van der Waals surface area contributed by atoms with E-state index in [9.17, 15) is 9.59 Å². The van der Waals surface area contributed by atoms with E-state index in [1.54, 1.807) is 0 Å². The molecule has 1 amide bonds. The molecule has 2 aliphatic rings. The van der Waals surface area contributed by atoms with Crippen molar-refractivity contribution in [3.8, 4) is 0 Å². The van der Waals surface area contributed by atoms with E-state index in [4.69, 9.17) is 9.47 Å². The second-order valence-electron chi connectivity index (χ2n) is 8.53. The van der Waals surface area contributed by atoms with Crippen molar-refractivity contribution < 1.29 is 19.1 Å². The highest BCUT2D eigenvalue weighted by Crippen LogP contribution is 2.41. The molecule has 0 aliphatic carbocycles. The van der Waals surface area contributed by atoms with Crippen LogP contribution in [0.5, 0.6) is 0 Å². The van der Waals surface area contributed by atoms with Crippen molar-refractivity contribution in [3.63, 3.8) is 0 Å². The van der Waals surface area contributed by atoms with Gasteiger partial charge in [-0.2, -0.15) is 0 Å². The van der Waals surface area contributed by atoms with Crippen LogP contribution in [0.2, 0.25) is 0 Å². The number of amides is 1. The fourth-order valence-electron chi connectivity index (χ4n) is 3.90. The minimum atomic E-state index is -0.564. The third-order valence-corrected chi connectivity index (χ3v) is 5.98. The molecule has 4 atom stereocenters. The van der Waals surface area contributed by atoms with E-state index >= 15 is 0 Å². The summed E-state index contributed by atoms with van der Waals surface area (Å²) in [6, 6.07) is 9.32. The maximum atomic E-state index is 12.1. The first-order chi connectivity index (χ1) is 12.6. The predicted octanol–water partition coefficient (Wildman–Crippen LogP) is 1.92. The summed E-state index contributed by atoms with van der Waals surface area (Å²) < 4.78 is 12.8. The molecule has 2 saturated heterocycles. The Balaban J connectivity index is 1.92. The summed E-state index contributed by atoms with van der Waals surface area (Å²) in [6.45, 7) is 10.6. The number of hydrogen-bond donors (Lipinski definition) is 1. The quantitative estimate of drug-likeness (QED) is 0.816. The van der Waals surface area contributed by atoms with Gasteiger partial charge < -0.3 is 19.6 Å². The van der Waals surface area contributed by atoms with Gasteiger partial charge in [0.2, 0.25) is 5.91 Å². The number of piperidine rings is 1. The van der Waals surface area contributed by atoms with Crippen molar-refractivity contribution in [3.05, 3.63) is 35.9 Å². The van der Waals surface area contributed by atoms with Crippen LogP contribution in [0.25, 0.3) is 0 Å². The summed E-state index contributed by atoms with van der Waals surface area (Å²) in [4.78, 5) is 25.9. The van der Waals surface area contributed by atoms with E-state index in [0.29, 0.717) is 13.1 Å². The van der Waals surface area contributed by atoms with Gasteiger partial charge in [0.15, 0.2) is 0 Å². The molecular weight excluding hydrogens is 344 g/mol. The summed E-state index contributed by atoms with van der Waals surface area (Å²) in [6.07, 6.45) is 0.126. The van der Waals surface area contributed by atoms with Gasteiger partial charge in [-0.3, -0.25) is 9.69 Å². The molecule has 2 fully saturated rings. The van der Waals surface area contributed by atoms with E-state index in [1.165, 1.54) is 6.92 Å². The van der Waals surface area contributed by atoms with Gasteiger partial charge >= 0.3 is 0 Å². The van der Waals surface area contributed by atoms with E-state index in [1.807, 2.05) is 58.0 Å². The van der Waals surface area contributed by atoms with Crippen LogP contribution in [0.15, 0.2) is 30.3 Å². The predicted molar refractivity (Wildman–Crippen MR) is 102 cm³/mol. The van der Waals surface area contributed by atoms with Crippen molar-refractivity contribution in [1.82, 2.24) is 10.2 Å². The Morgan fingerprint density at radius 1 is 1.15 bits per heavy atom. The van der Waals surface area contributed by atoms with Crippen molar-refractivity contribution in [1.29, 1.82) is 0 Å². The molecule has 0 radical (unpaired) electrons. The average molecular weight is 374 g/mol. The zero-order valence-electron chi connectivity index (χ0n) is 16.8. The van der Waals surface area contributed by atoms with Crippen LogP contribution < -0.4 is 5.32 Å². The lowest BCUT2D eigenvalue weighted by atomic mass is 9.82. The van der Waals surface area contributed by atoms with Crippen molar-refractivity contribution in [2.75, 3.05) is 6.54 Å². The highest BCUT2D eigenvalue weighted by Gasteiger charge is 2.56. The molecule has 2 aliphatic heterocycles. The molecule has 3 rings (SSSR count). The number of carbonyl (C=O) groups excluding carboxylic acids is 2. The molecule has 0 saturated carbocycles. The zero-order chi connectivity index (χ0) is 19.8. The van der Waals surface area contributed by atoms with Gasteiger partial charge in [0, 0.05) is 20.0 Å². The minimum Gasteiger partial charge on any atom is -0.364 e. The Bertz CT molecular complexity index is 689. The van der Waals surface area contributed by atoms with E-state index < -0.39 is 23.3 Å². The molecule has 6 nitrogen and oxygen atoms in total. The Morgan fingerprint density at radius 3 is 2.30 bits per heavy atom. The summed E-state index contributed by atoms with van der Waals surface area (Å²) in [5, 5.41) is 3.00. The summed E-state index contributed by atoms with van der Waals surface area (Å²) in [5.74, 6) is -0.116. The average Bonchev–Trinajstić information content (AvgIpc) is 2.57. The van der Waals surface area contributed by atoms with Crippen LogP contribution in [0.1, 0.15) is 40.2 Å². The number of aldehydes is 1. The van der Waals surface area contributed by atoms with Crippen molar-refractivity contribution >= 4 is 12.2 Å². The lowest BCUT2D eigenvalue weighted by Gasteiger charge is -2.58. The van der Waals surface area contributed by atoms with Crippen LogP contribution >= 0.6 is 0 Å². The van der Waals surface area contributed by atoms with Crippen LogP contribution in [0.4, 0.5) is 0 Å². The third-order valence-electron chi connectivity index (χ3n) is 5.98. The van der Waals surface area contributed by atoms with Crippen molar-refractivity contribution in [2.45, 2.75) is 76.7 Å². The number of ether oxygens (including phenoxy) is 2. The van der Waals surface area contributed by atoms with E-state index in [-0.39, 0.29) is 18.1 Å². The molecule has 0 unspecified atom stereocenters. The van der Waals surface area contributed by atoms with Gasteiger partial charge in [-0.05, 0) is 33.3 Å². The fourth-order valence-corrected chi connectivity index (χ4v) is 3.90. The maximum Gasteiger partial charge on any atom is 0.217 e. The first-order valence-corrected chi connectivity index (χ1v) is 9.50. The molecule has 0 spiro atoms. The van der Waals surface area contributed by atoms with Gasteiger partial charge in [-0.1, -0.05) is 30.3 Å². The largest absolute Gasteiger partial charge is 0.364 e. The molecule has 2 heterocycles. The molecule has 6 heteroatoms. The molecule has 148 valence electrons. The lowest BCUT2D eigenvalue weighted by molar-refractivity contribution is -0.316. The number of fused-ring (bicyclic) bond motifs is 1. The number of nitrogens with zero attached hydrogens (tertiary/aromatic N) is 1. The molecule has 0 bridgehead atoms. The molecular formula is C21H30N2O4. The monoisotopic (exact) mass is 374 g/mol. The summed E-state index contributed by atoms with van der Waals surface area (Å²) in [7, 11) is 0. The topological polar surface area (TPSA) is 67.9 Å². The fraction of sp³-hybridized carbons (Fsp3) is 0.619. The van der Waals surface area contributed by atoms with E-state index in [2.05, 4.69) is 10.2 Å². The van der Waals surface area contributed by atoms with Gasteiger partial charge in [-0.15, -0.1) is 0 Å².